The van der Waals surface area contributed by atoms with Gasteiger partial charge in [-0.2, -0.15) is 5.48 Å². The second-order valence-corrected chi connectivity index (χ2v) is 10.7. The number of hydrogen-bond donors (Lipinski definition) is 5. The third kappa shape index (κ3) is 7.07. The zero-order chi connectivity index (χ0) is 28.9. The van der Waals surface area contributed by atoms with Crippen LogP contribution >= 0.6 is 0 Å². The molecule has 5 N–H and O–H groups in total. The van der Waals surface area contributed by atoms with Crippen LogP contribution in [0, 0.1) is 11.6 Å². The van der Waals surface area contributed by atoms with Gasteiger partial charge in [0.15, 0.2) is 12.2 Å². The van der Waals surface area contributed by atoms with Crippen molar-refractivity contribution in [2.75, 3.05) is 6.54 Å². The fourth-order valence-corrected chi connectivity index (χ4v) is 5.50. The van der Waals surface area contributed by atoms with Crippen molar-refractivity contribution in [3.63, 3.8) is 0 Å². The van der Waals surface area contributed by atoms with E-state index in [0.29, 0.717) is 24.3 Å². The Morgan fingerprint density at radius 2 is 1.98 bits per heavy atom. The zero-order valence-electron chi connectivity index (χ0n) is 23.3. The number of hydroxylamine groups is 1. The van der Waals surface area contributed by atoms with Gasteiger partial charge in [0.2, 0.25) is 11.8 Å². The molecule has 2 aliphatic rings. The molecular formula is C29H37F2N7O3. The first-order valence-corrected chi connectivity index (χ1v) is 14.2. The first-order chi connectivity index (χ1) is 19.8. The molecular weight excluding hydrogens is 532 g/mol. The highest BCUT2D eigenvalue weighted by Gasteiger charge is 2.34. The van der Waals surface area contributed by atoms with Gasteiger partial charge >= 0.3 is 0 Å². The molecule has 2 aromatic carbocycles. The fourth-order valence-electron chi connectivity index (χ4n) is 5.50. The van der Waals surface area contributed by atoms with Gasteiger partial charge < -0.3 is 15.2 Å². The number of likely N-dealkylation sites (tertiary alicyclic amines) is 1. The smallest absolute Gasteiger partial charge is 0.238 e. The molecule has 0 bridgehead atoms. The van der Waals surface area contributed by atoms with E-state index >= 15 is 0 Å². The lowest BCUT2D eigenvalue weighted by Gasteiger charge is -2.36. The first kappa shape index (κ1) is 29.1. The zero-order valence-corrected chi connectivity index (χ0v) is 23.3. The molecule has 2 aliphatic heterocycles. The summed E-state index contributed by atoms with van der Waals surface area (Å²) in [6, 6.07) is 9.49. The van der Waals surface area contributed by atoms with Crippen LogP contribution in [0.25, 0.3) is 11.0 Å². The number of amides is 2. The van der Waals surface area contributed by atoms with E-state index in [0.717, 1.165) is 31.2 Å². The van der Waals surface area contributed by atoms with Crippen LogP contribution in [0.5, 0.6) is 0 Å². The molecule has 0 saturated carbocycles. The van der Waals surface area contributed by atoms with Gasteiger partial charge in [0.05, 0.1) is 30.2 Å². The number of halogens is 2. The van der Waals surface area contributed by atoms with Crippen molar-refractivity contribution in [3.8, 4) is 0 Å². The molecule has 2 amide bonds. The molecule has 5 atom stereocenters. The number of nitrogens with one attached hydrogen (secondary N) is 5. The van der Waals surface area contributed by atoms with E-state index in [-0.39, 0.29) is 35.9 Å². The predicted molar refractivity (Wildman–Crippen MR) is 149 cm³/mol. The van der Waals surface area contributed by atoms with Crippen LogP contribution in [0.2, 0.25) is 0 Å². The predicted octanol–water partition coefficient (Wildman–Crippen LogP) is 3.13. The van der Waals surface area contributed by atoms with E-state index in [1.807, 2.05) is 4.90 Å². The topological polar surface area (TPSA) is 123 Å². The summed E-state index contributed by atoms with van der Waals surface area (Å²) >= 11 is 0. The lowest BCUT2D eigenvalue weighted by Crippen LogP contribution is -2.55. The van der Waals surface area contributed by atoms with Gasteiger partial charge in [0.1, 0.15) is 17.2 Å². The standard InChI is InChI=1S/C29H37F2N7O3/c1-3-20-7-4-5-14-38(20)25(39)16-23(34-29-35-24(37-41-29)15-18-10-12-19(30)13-11-18)28(40)32-17(2)27-33-22-9-6-8-21(31)26(22)36-27/h6,8-13,17,20,23-24,29,34-35,37H,3-5,7,14-16H2,1-2H3,(H,32,40)(H,33,36)/t17-,20-,23-,24?,29?/m0/s1. The van der Waals surface area contributed by atoms with E-state index < -0.39 is 30.2 Å². The summed E-state index contributed by atoms with van der Waals surface area (Å²) in [5.41, 5.74) is 4.52. The number of H-pyrrole nitrogens is 1. The summed E-state index contributed by atoms with van der Waals surface area (Å²) in [6.07, 6.45) is 3.23. The van der Waals surface area contributed by atoms with Gasteiger partial charge in [-0.1, -0.05) is 25.1 Å². The van der Waals surface area contributed by atoms with Crippen LogP contribution in [0.1, 0.15) is 63.4 Å². The van der Waals surface area contributed by atoms with Crippen LogP contribution < -0.4 is 21.4 Å². The monoisotopic (exact) mass is 569 g/mol. The highest BCUT2D eigenvalue weighted by molar-refractivity contribution is 5.89. The Morgan fingerprint density at radius 3 is 2.73 bits per heavy atom. The molecule has 1 aromatic heterocycles. The third-order valence-electron chi connectivity index (χ3n) is 7.75. The molecule has 0 radical (unpaired) electrons. The molecule has 12 heteroatoms. The molecule has 3 heterocycles. The second-order valence-electron chi connectivity index (χ2n) is 10.7. The van der Waals surface area contributed by atoms with E-state index in [2.05, 4.69) is 38.3 Å². The van der Waals surface area contributed by atoms with Crippen molar-refractivity contribution in [1.82, 2.24) is 36.3 Å². The van der Waals surface area contributed by atoms with Gasteiger partial charge in [0.25, 0.3) is 0 Å². The number of rotatable bonds is 10. The summed E-state index contributed by atoms with van der Waals surface area (Å²) in [6.45, 7) is 4.49. The average Bonchev–Trinajstić information content (AvgIpc) is 3.61. The maximum atomic E-state index is 14.2. The van der Waals surface area contributed by atoms with Crippen LogP contribution in [0.15, 0.2) is 42.5 Å². The largest absolute Gasteiger partial charge is 0.345 e. The summed E-state index contributed by atoms with van der Waals surface area (Å²) in [4.78, 5) is 41.9. The number of carbonyl (C=O) groups is 2. The minimum atomic E-state index is -0.922. The lowest BCUT2D eigenvalue weighted by atomic mass is 9.99. The summed E-state index contributed by atoms with van der Waals surface area (Å²) in [5.74, 6) is -0.869. The van der Waals surface area contributed by atoms with Crippen molar-refractivity contribution in [3.05, 3.63) is 65.5 Å². The van der Waals surface area contributed by atoms with Gasteiger partial charge in [-0.3, -0.25) is 25.1 Å². The minimum Gasteiger partial charge on any atom is -0.345 e. The number of aromatic amines is 1. The van der Waals surface area contributed by atoms with Gasteiger partial charge in [0, 0.05) is 19.0 Å². The Balaban J connectivity index is 1.27. The SMILES string of the molecule is CC[C@H]1CCCCN1C(=O)C[C@H](NC1NC(Cc2ccc(F)cc2)NO1)C(=O)N[C@@H](C)c1nc2c(F)cccc2[nH]1. The van der Waals surface area contributed by atoms with Crippen LogP contribution in [-0.2, 0) is 20.8 Å². The number of piperidine rings is 1. The molecule has 10 nitrogen and oxygen atoms in total. The molecule has 5 rings (SSSR count). The quantitative estimate of drug-likeness (QED) is 0.254. The number of nitrogens with zero attached hydrogens (tertiary/aromatic N) is 2. The number of fused-ring (bicyclic) bond motifs is 1. The van der Waals surface area contributed by atoms with E-state index in [4.69, 9.17) is 4.84 Å². The highest BCUT2D eigenvalue weighted by Crippen LogP contribution is 2.22. The van der Waals surface area contributed by atoms with Crippen molar-refractivity contribution in [1.29, 1.82) is 0 Å². The van der Waals surface area contributed by atoms with E-state index in [9.17, 15) is 18.4 Å². The van der Waals surface area contributed by atoms with E-state index in [1.165, 1.54) is 18.2 Å². The molecule has 0 spiro atoms. The highest BCUT2D eigenvalue weighted by atomic mass is 19.1. The fraction of sp³-hybridized carbons (Fsp3) is 0.483. The normalized spacial score (nSPS) is 22.5. The van der Waals surface area contributed by atoms with Crippen molar-refractivity contribution in [2.45, 2.75) is 83.0 Å². The van der Waals surface area contributed by atoms with Gasteiger partial charge in [-0.25, -0.2) is 13.8 Å². The number of hydrogen-bond acceptors (Lipinski definition) is 7. The minimum absolute atomic E-state index is 0.0615. The summed E-state index contributed by atoms with van der Waals surface area (Å²) in [5, 5.41) is 9.26. The van der Waals surface area contributed by atoms with Crippen LogP contribution in [0.4, 0.5) is 8.78 Å². The maximum Gasteiger partial charge on any atom is 0.238 e. The molecule has 220 valence electrons. The van der Waals surface area contributed by atoms with Gasteiger partial charge in [-0.15, -0.1) is 0 Å². The molecule has 2 fully saturated rings. The number of imidazole rings is 1. The Morgan fingerprint density at radius 1 is 1.17 bits per heavy atom. The number of benzene rings is 2. The van der Waals surface area contributed by atoms with Crippen LogP contribution in [0.3, 0.4) is 0 Å². The van der Waals surface area contributed by atoms with Gasteiger partial charge in [-0.05, 0) is 62.4 Å². The lowest BCUT2D eigenvalue weighted by molar-refractivity contribution is -0.139. The number of aromatic nitrogens is 2. The van der Waals surface area contributed by atoms with Crippen molar-refractivity contribution >= 4 is 22.8 Å². The summed E-state index contributed by atoms with van der Waals surface area (Å²) < 4.78 is 27.5. The number of para-hydroxylation sites is 1. The Bertz CT molecular complexity index is 1350. The van der Waals surface area contributed by atoms with E-state index in [1.54, 1.807) is 31.2 Å². The summed E-state index contributed by atoms with van der Waals surface area (Å²) in [7, 11) is 0. The van der Waals surface area contributed by atoms with Crippen molar-refractivity contribution in [2.24, 2.45) is 0 Å². The first-order valence-electron chi connectivity index (χ1n) is 14.2. The third-order valence-corrected chi connectivity index (χ3v) is 7.75. The Hall–Kier alpha value is -3.45. The average molecular weight is 570 g/mol. The Labute approximate surface area is 237 Å². The molecule has 3 aromatic rings. The van der Waals surface area contributed by atoms with Crippen molar-refractivity contribution < 1.29 is 23.2 Å². The number of carbonyl (C=O) groups excluding carboxylic acids is 2. The molecule has 41 heavy (non-hydrogen) atoms. The Kier molecular flexibility index (Phi) is 9.23. The molecule has 2 unspecified atom stereocenters. The second kappa shape index (κ2) is 13.0. The molecule has 0 aliphatic carbocycles. The maximum absolute atomic E-state index is 14.2. The van der Waals surface area contributed by atoms with Crippen LogP contribution in [-0.4, -0.2) is 57.8 Å². The molecule has 2 saturated heterocycles.